The van der Waals surface area contributed by atoms with Gasteiger partial charge in [-0.15, -0.1) is 0 Å². The zero-order chi connectivity index (χ0) is 19.2. The Balaban J connectivity index is 2.33. The van der Waals surface area contributed by atoms with Gasteiger partial charge in [0.25, 0.3) is 0 Å². The van der Waals surface area contributed by atoms with Gasteiger partial charge in [0.1, 0.15) is 24.4 Å². The molecule has 0 unspecified atom stereocenters. The van der Waals surface area contributed by atoms with Crippen molar-refractivity contribution in [3.8, 4) is 0 Å². The second-order valence-corrected chi connectivity index (χ2v) is 6.06. The van der Waals surface area contributed by atoms with E-state index in [9.17, 15) is 22.8 Å². The molecule has 5 nitrogen and oxygen atoms in total. The number of ether oxygens (including phenoxy) is 2. The van der Waals surface area contributed by atoms with E-state index in [1.165, 1.54) is 0 Å². The topological polar surface area (TPSA) is 64.6 Å². The molecular weight excluding hydrogens is 351 g/mol. The Kier molecular flexibility index (Phi) is 4.52. The van der Waals surface area contributed by atoms with Crippen LogP contribution in [0.1, 0.15) is 37.1 Å². The van der Waals surface area contributed by atoms with Crippen LogP contribution in [-0.4, -0.2) is 25.7 Å². The molecule has 2 atom stereocenters. The Labute approximate surface area is 147 Å². The average Bonchev–Trinajstić information content (AvgIpc) is 2.92. The Morgan fingerprint density at radius 2 is 2.08 bits per heavy atom. The summed E-state index contributed by atoms with van der Waals surface area (Å²) in [7, 11) is 1.14. The van der Waals surface area contributed by atoms with Gasteiger partial charge in [0.2, 0.25) is 0 Å². The molecule has 26 heavy (non-hydrogen) atoms. The number of allylic oxidation sites excluding steroid dienone is 1. The number of hydrogen-bond donors (Lipinski definition) is 1. The second kappa shape index (κ2) is 6.51. The normalized spacial score (nSPS) is 20.5. The summed E-state index contributed by atoms with van der Waals surface area (Å²) in [6.45, 7) is 2.58. The maximum atomic E-state index is 14.3. The molecule has 2 heterocycles. The molecule has 2 aliphatic rings. The molecule has 1 N–H and O–H groups in total. The molecule has 0 fully saturated rings. The highest BCUT2D eigenvalue weighted by Crippen LogP contribution is 2.44. The van der Waals surface area contributed by atoms with Crippen molar-refractivity contribution in [2.75, 3.05) is 13.7 Å². The van der Waals surface area contributed by atoms with E-state index in [1.54, 1.807) is 6.92 Å². The Morgan fingerprint density at radius 3 is 2.69 bits per heavy atom. The molecular formula is C18H16F3NO4. The fourth-order valence-corrected chi connectivity index (χ4v) is 3.42. The van der Waals surface area contributed by atoms with Gasteiger partial charge in [-0.2, -0.15) is 0 Å². The maximum Gasteiger partial charge on any atom is 0.337 e. The molecule has 3 rings (SSSR count). The van der Waals surface area contributed by atoms with Gasteiger partial charge >= 0.3 is 11.9 Å². The van der Waals surface area contributed by atoms with E-state index in [1.807, 2.05) is 0 Å². The quantitative estimate of drug-likeness (QED) is 0.833. The molecule has 0 spiro atoms. The third-order valence-electron chi connectivity index (χ3n) is 4.45. The van der Waals surface area contributed by atoms with Crippen LogP contribution >= 0.6 is 0 Å². The molecule has 1 aromatic rings. The Hall–Kier alpha value is -2.77. The number of hydrogen-bond acceptors (Lipinski definition) is 5. The van der Waals surface area contributed by atoms with E-state index in [-0.39, 0.29) is 23.3 Å². The minimum atomic E-state index is -1.79. The van der Waals surface area contributed by atoms with E-state index in [2.05, 4.69) is 5.32 Å². The van der Waals surface area contributed by atoms with Crippen molar-refractivity contribution in [1.29, 1.82) is 0 Å². The largest absolute Gasteiger partial charge is 0.466 e. The van der Waals surface area contributed by atoms with Gasteiger partial charge in [0.05, 0.1) is 29.9 Å². The number of methoxy groups -OCH3 is 1. The Bertz CT molecular complexity index is 873. The van der Waals surface area contributed by atoms with Gasteiger partial charge < -0.3 is 14.8 Å². The number of rotatable bonds is 3. The van der Waals surface area contributed by atoms with Crippen LogP contribution in [0.2, 0.25) is 0 Å². The number of dihydropyridines is 1. The monoisotopic (exact) mass is 367 g/mol. The van der Waals surface area contributed by atoms with Crippen molar-refractivity contribution in [2.45, 2.75) is 25.9 Å². The van der Waals surface area contributed by atoms with Crippen molar-refractivity contribution in [3.63, 3.8) is 0 Å². The third kappa shape index (κ3) is 2.75. The smallest absolute Gasteiger partial charge is 0.337 e. The van der Waals surface area contributed by atoms with Crippen LogP contribution in [-0.2, 0) is 19.1 Å². The minimum absolute atomic E-state index is 0.0166. The molecule has 0 radical (unpaired) electrons. The summed E-state index contributed by atoms with van der Waals surface area (Å²) in [6.07, 6.45) is -1.79. The standard InChI is InChI=1S/C18H16F3NO4/c1-7(19)13-10(4-9(20)5-11(13)21)15-14(17(23)25-3)8(2)22-12-6-26-18(24)16(12)15/h4-5,7,15,22H,6H2,1-3H3/t7-,15+/m1/s1. The predicted molar refractivity (Wildman–Crippen MR) is 84.5 cm³/mol. The summed E-state index contributed by atoms with van der Waals surface area (Å²) in [4.78, 5) is 24.6. The lowest BCUT2D eigenvalue weighted by atomic mass is 9.78. The molecule has 0 aromatic heterocycles. The SMILES string of the molecule is COC(=O)C1=C(C)NC2=C(C(=O)OC2)[C@H]1c1cc(F)cc(F)c1[C@@H](C)F. The van der Waals surface area contributed by atoms with Crippen molar-refractivity contribution < 1.29 is 32.2 Å². The maximum absolute atomic E-state index is 14.3. The van der Waals surface area contributed by atoms with Crippen LogP contribution in [0, 0.1) is 11.6 Å². The van der Waals surface area contributed by atoms with Crippen LogP contribution in [0.4, 0.5) is 13.2 Å². The van der Waals surface area contributed by atoms with Crippen molar-refractivity contribution in [2.24, 2.45) is 0 Å². The molecule has 2 aliphatic heterocycles. The lowest BCUT2D eigenvalue weighted by molar-refractivity contribution is -0.136. The highest BCUT2D eigenvalue weighted by Gasteiger charge is 2.43. The average molecular weight is 367 g/mol. The van der Waals surface area contributed by atoms with E-state index in [4.69, 9.17) is 9.47 Å². The summed E-state index contributed by atoms with van der Waals surface area (Å²) in [6, 6.07) is 1.49. The van der Waals surface area contributed by atoms with Crippen molar-refractivity contribution >= 4 is 11.9 Å². The molecule has 8 heteroatoms. The number of esters is 2. The molecule has 0 saturated heterocycles. The van der Waals surface area contributed by atoms with Gasteiger partial charge in [0.15, 0.2) is 0 Å². The summed E-state index contributed by atoms with van der Waals surface area (Å²) >= 11 is 0. The van der Waals surface area contributed by atoms with Crippen LogP contribution < -0.4 is 5.32 Å². The number of cyclic esters (lactones) is 1. The third-order valence-corrected chi connectivity index (χ3v) is 4.45. The van der Waals surface area contributed by atoms with Crippen LogP contribution in [0.5, 0.6) is 0 Å². The number of benzene rings is 1. The van der Waals surface area contributed by atoms with E-state index >= 15 is 0 Å². The molecule has 0 amide bonds. The number of carbonyl (C=O) groups excluding carboxylic acids is 2. The summed E-state index contributed by atoms with van der Waals surface area (Å²) in [5.74, 6) is -4.78. The molecule has 0 saturated carbocycles. The van der Waals surface area contributed by atoms with Gasteiger partial charge in [-0.25, -0.2) is 22.8 Å². The second-order valence-electron chi connectivity index (χ2n) is 6.06. The number of nitrogens with one attached hydrogen (secondary N) is 1. The first-order chi connectivity index (χ1) is 12.3. The first-order valence-electron chi connectivity index (χ1n) is 7.85. The highest BCUT2D eigenvalue weighted by molar-refractivity contribution is 6.01. The fourth-order valence-electron chi connectivity index (χ4n) is 3.42. The molecule has 1 aromatic carbocycles. The first kappa shape index (κ1) is 18.0. The number of carbonyl (C=O) groups is 2. The summed E-state index contributed by atoms with van der Waals surface area (Å²) in [5, 5.41) is 2.88. The van der Waals surface area contributed by atoms with E-state index in [0.29, 0.717) is 17.5 Å². The van der Waals surface area contributed by atoms with Gasteiger partial charge in [-0.1, -0.05) is 0 Å². The van der Waals surface area contributed by atoms with Crippen LogP contribution in [0.3, 0.4) is 0 Å². The Morgan fingerprint density at radius 1 is 1.38 bits per heavy atom. The summed E-state index contributed by atoms with van der Waals surface area (Å²) in [5.41, 5.74) is 0.123. The zero-order valence-corrected chi connectivity index (χ0v) is 14.3. The predicted octanol–water partition coefficient (Wildman–Crippen LogP) is 2.94. The van der Waals surface area contributed by atoms with E-state index < -0.39 is 41.2 Å². The van der Waals surface area contributed by atoms with Crippen molar-refractivity contribution in [1.82, 2.24) is 5.32 Å². The summed E-state index contributed by atoms with van der Waals surface area (Å²) < 4.78 is 52.1. The molecule has 0 aliphatic carbocycles. The first-order valence-corrected chi connectivity index (χ1v) is 7.85. The van der Waals surface area contributed by atoms with E-state index in [0.717, 1.165) is 20.1 Å². The fraction of sp³-hybridized carbons (Fsp3) is 0.333. The highest BCUT2D eigenvalue weighted by atomic mass is 19.1. The van der Waals surface area contributed by atoms with Gasteiger partial charge in [0, 0.05) is 17.3 Å². The van der Waals surface area contributed by atoms with Crippen molar-refractivity contribution in [3.05, 3.63) is 57.4 Å². The number of alkyl halides is 1. The lowest BCUT2D eigenvalue weighted by Crippen LogP contribution is -2.30. The molecule has 138 valence electrons. The zero-order valence-electron chi connectivity index (χ0n) is 14.3. The van der Waals surface area contributed by atoms with Gasteiger partial charge in [-0.3, -0.25) is 0 Å². The minimum Gasteiger partial charge on any atom is -0.466 e. The van der Waals surface area contributed by atoms with Crippen LogP contribution in [0.25, 0.3) is 0 Å². The number of halogens is 3. The molecule has 0 bridgehead atoms. The van der Waals surface area contributed by atoms with Crippen LogP contribution in [0.15, 0.2) is 34.7 Å². The van der Waals surface area contributed by atoms with Gasteiger partial charge in [-0.05, 0) is 25.5 Å². The lowest BCUT2D eigenvalue weighted by Gasteiger charge is -2.29.